The Labute approximate surface area is 151 Å². The molecule has 0 radical (unpaired) electrons. The van der Waals surface area contributed by atoms with Gasteiger partial charge in [-0.3, -0.25) is 19.6 Å². The number of carbonyl (C=O) groups is 1. The van der Waals surface area contributed by atoms with Crippen molar-refractivity contribution < 1.29 is 18.5 Å². The lowest BCUT2D eigenvalue weighted by Crippen LogP contribution is -2.17. The van der Waals surface area contributed by atoms with Crippen LogP contribution >= 0.6 is 0 Å². The van der Waals surface area contributed by atoms with Gasteiger partial charge in [0, 0.05) is 7.05 Å². The first kappa shape index (κ1) is 18.0. The van der Waals surface area contributed by atoms with E-state index in [1.54, 1.807) is 6.92 Å². The first-order chi connectivity index (χ1) is 12.8. The zero-order valence-electron chi connectivity index (χ0n) is 14.3. The highest BCUT2D eigenvalue weighted by Crippen LogP contribution is 2.13. The predicted molar refractivity (Wildman–Crippen MR) is 89.7 cm³/mol. The van der Waals surface area contributed by atoms with E-state index in [0.29, 0.717) is 11.5 Å². The molecule has 3 aromatic heterocycles. The quantitative estimate of drug-likeness (QED) is 0.393. The summed E-state index contributed by atoms with van der Waals surface area (Å²) in [5.41, 5.74) is 2.68. The van der Waals surface area contributed by atoms with Crippen LogP contribution in [0.3, 0.4) is 0 Å². The van der Waals surface area contributed by atoms with Gasteiger partial charge in [0.15, 0.2) is 5.76 Å². The number of nitro groups is 1. The highest BCUT2D eigenvalue weighted by Gasteiger charge is 2.14. The van der Waals surface area contributed by atoms with Crippen LogP contribution in [0.5, 0.6) is 0 Å². The van der Waals surface area contributed by atoms with E-state index in [1.807, 2.05) is 0 Å². The molecule has 0 atom stereocenters. The number of carbonyl (C=O) groups excluding carboxylic acids is 1. The summed E-state index contributed by atoms with van der Waals surface area (Å²) in [4.78, 5) is 22.1. The van der Waals surface area contributed by atoms with Crippen molar-refractivity contribution in [2.24, 2.45) is 12.1 Å². The molecule has 0 fully saturated rings. The fourth-order valence-corrected chi connectivity index (χ4v) is 2.28. The molecule has 3 aromatic rings. The highest BCUT2D eigenvalue weighted by atomic mass is 19.1. The average Bonchev–Trinajstić information content (AvgIpc) is 3.32. The highest BCUT2D eigenvalue weighted by molar-refractivity contribution is 5.92. The Hall–Kier alpha value is -3.83. The molecule has 0 unspecified atom stereocenters. The van der Waals surface area contributed by atoms with Crippen molar-refractivity contribution in [1.29, 1.82) is 0 Å². The third kappa shape index (κ3) is 3.89. The maximum atomic E-state index is 13.8. The number of hydrazone groups is 1. The number of hydrogen-bond acceptors (Lipinski definition) is 7. The van der Waals surface area contributed by atoms with Gasteiger partial charge in [-0.05, 0) is 19.1 Å². The molecule has 1 N–H and O–H groups in total. The minimum atomic E-state index is -0.633. The molecule has 3 rings (SSSR count). The Morgan fingerprint density at radius 1 is 1.52 bits per heavy atom. The van der Waals surface area contributed by atoms with E-state index in [9.17, 15) is 19.3 Å². The number of nitrogens with one attached hydrogen (secondary N) is 1. The summed E-state index contributed by atoms with van der Waals surface area (Å²) in [6.45, 7) is 1.73. The summed E-state index contributed by atoms with van der Waals surface area (Å²) in [6.07, 6.45) is 3.52. The molecular weight excluding hydrogens is 361 g/mol. The molecule has 0 saturated heterocycles. The Bertz CT molecular complexity index is 1030. The molecular formula is C15H14FN7O4. The largest absolute Gasteiger partial charge is 0.454 e. The predicted octanol–water partition coefficient (Wildman–Crippen LogP) is 1.38. The van der Waals surface area contributed by atoms with Gasteiger partial charge >= 0.3 is 11.6 Å². The van der Waals surface area contributed by atoms with E-state index in [4.69, 9.17) is 4.42 Å². The molecule has 0 aliphatic heterocycles. The summed E-state index contributed by atoms with van der Waals surface area (Å²) in [7, 11) is 1.46. The van der Waals surface area contributed by atoms with E-state index >= 15 is 0 Å². The monoisotopic (exact) mass is 375 g/mol. The number of aromatic nitrogens is 4. The molecule has 11 nitrogen and oxygen atoms in total. The van der Waals surface area contributed by atoms with Gasteiger partial charge in [0.05, 0.1) is 28.9 Å². The Balaban J connectivity index is 1.62. The van der Waals surface area contributed by atoms with Crippen LogP contribution in [0.25, 0.3) is 0 Å². The summed E-state index contributed by atoms with van der Waals surface area (Å²) in [6, 6.07) is 2.96. The molecule has 0 saturated carbocycles. The number of nitrogens with zero attached hydrogens (tertiary/aromatic N) is 6. The molecule has 140 valence electrons. The van der Waals surface area contributed by atoms with Gasteiger partial charge in [-0.15, -0.1) is 0 Å². The van der Waals surface area contributed by atoms with Crippen LogP contribution in [-0.2, 0) is 13.6 Å². The minimum absolute atomic E-state index is 0.0211. The zero-order valence-corrected chi connectivity index (χ0v) is 14.3. The summed E-state index contributed by atoms with van der Waals surface area (Å²) in [5.74, 6) is -0.853. The Morgan fingerprint density at radius 3 is 2.93 bits per heavy atom. The second kappa shape index (κ2) is 7.19. The van der Waals surface area contributed by atoms with E-state index < -0.39 is 16.8 Å². The van der Waals surface area contributed by atoms with Crippen molar-refractivity contribution in [3.05, 3.63) is 63.4 Å². The lowest BCUT2D eigenvalue weighted by molar-refractivity contribution is -0.385. The van der Waals surface area contributed by atoms with Crippen molar-refractivity contribution in [3.63, 3.8) is 0 Å². The van der Waals surface area contributed by atoms with Crippen LogP contribution in [0, 0.1) is 23.0 Å². The van der Waals surface area contributed by atoms with E-state index in [-0.39, 0.29) is 23.6 Å². The third-order valence-electron chi connectivity index (χ3n) is 3.59. The van der Waals surface area contributed by atoms with Crippen LogP contribution < -0.4 is 5.43 Å². The van der Waals surface area contributed by atoms with Gasteiger partial charge in [-0.2, -0.15) is 19.7 Å². The fraction of sp³-hybridized carbons (Fsp3) is 0.200. The van der Waals surface area contributed by atoms with Crippen LogP contribution in [0.4, 0.5) is 10.1 Å². The number of hydrogen-bond donors (Lipinski definition) is 1. The maximum absolute atomic E-state index is 13.8. The topological polar surface area (TPSA) is 133 Å². The van der Waals surface area contributed by atoms with Crippen molar-refractivity contribution in [3.8, 4) is 0 Å². The third-order valence-corrected chi connectivity index (χ3v) is 3.59. The van der Waals surface area contributed by atoms with E-state index in [1.165, 1.54) is 30.1 Å². The van der Waals surface area contributed by atoms with Gasteiger partial charge in [0.25, 0.3) is 0 Å². The molecule has 0 spiro atoms. The van der Waals surface area contributed by atoms with Gasteiger partial charge < -0.3 is 4.42 Å². The van der Waals surface area contributed by atoms with Crippen LogP contribution in [0.2, 0.25) is 0 Å². The van der Waals surface area contributed by atoms with Gasteiger partial charge in [0.2, 0.25) is 5.95 Å². The number of furan rings is 1. The molecule has 0 bridgehead atoms. The number of aryl methyl sites for hydroxylation is 2. The van der Waals surface area contributed by atoms with Crippen LogP contribution in [0.1, 0.15) is 27.6 Å². The Morgan fingerprint density at radius 2 is 2.30 bits per heavy atom. The molecule has 1 amide bonds. The Kier molecular flexibility index (Phi) is 4.79. The number of halogens is 1. The minimum Gasteiger partial charge on any atom is -0.454 e. The first-order valence-corrected chi connectivity index (χ1v) is 7.63. The molecule has 0 aliphatic carbocycles. The van der Waals surface area contributed by atoms with Gasteiger partial charge in [-0.25, -0.2) is 10.1 Å². The number of rotatable bonds is 6. The molecule has 0 aliphatic rings. The van der Waals surface area contributed by atoms with E-state index in [0.717, 1.165) is 17.1 Å². The molecule has 3 heterocycles. The maximum Gasteiger partial charge on any atom is 0.307 e. The first-order valence-electron chi connectivity index (χ1n) is 7.63. The second-order valence-corrected chi connectivity index (χ2v) is 5.53. The smallest absolute Gasteiger partial charge is 0.307 e. The van der Waals surface area contributed by atoms with Crippen LogP contribution in [-0.4, -0.2) is 36.6 Å². The van der Waals surface area contributed by atoms with Gasteiger partial charge in [0.1, 0.15) is 18.2 Å². The lowest BCUT2D eigenvalue weighted by Gasteiger charge is -1.98. The SMILES string of the molecule is Cc1nn(C)c(F)c1/C=N/NC(=O)c1ccc(Cn2cc([N+](=O)[O-])cn2)o1. The summed E-state index contributed by atoms with van der Waals surface area (Å²) in [5, 5.41) is 22.1. The summed E-state index contributed by atoms with van der Waals surface area (Å²) >= 11 is 0. The number of amides is 1. The van der Waals surface area contributed by atoms with Gasteiger partial charge in [-0.1, -0.05) is 0 Å². The normalized spacial score (nSPS) is 11.2. The molecule has 12 heteroatoms. The van der Waals surface area contributed by atoms with Crippen molar-refractivity contribution in [2.45, 2.75) is 13.5 Å². The molecule has 0 aromatic carbocycles. The molecule has 27 heavy (non-hydrogen) atoms. The van der Waals surface area contributed by atoms with Crippen molar-refractivity contribution in [1.82, 2.24) is 25.0 Å². The standard InChI is InChI=1S/C15H14FN7O4/c1-9-12(14(16)21(2)20-9)6-17-19-15(24)13-4-3-11(27-13)8-22-7-10(5-18-22)23(25)26/h3-7H,8H2,1-2H3,(H,19,24)/b17-6+. The lowest BCUT2D eigenvalue weighted by atomic mass is 10.3. The van der Waals surface area contributed by atoms with E-state index in [2.05, 4.69) is 20.7 Å². The second-order valence-electron chi connectivity index (χ2n) is 5.53. The van der Waals surface area contributed by atoms with Crippen molar-refractivity contribution >= 4 is 17.8 Å². The average molecular weight is 375 g/mol. The fourth-order valence-electron chi connectivity index (χ4n) is 2.28. The summed E-state index contributed by atoms with van der Waals surface area (Å²) < 4.78 is 21.5. The van der Waals surface area contributed by atoms with Crippen molar-refractivity contribution in [2.75, 3.05) is 0 Å². The zero-order chi connectivity index (χ0) is 19.6. The van der Waals surface area contributed by atoms with Crippen LogP contribution in [0.15, 0.2) is 34.0 Å².